The van der Waals surface area contributed by atoms with Crippen LogP contribution in [0.5, 0.6) is 0 Å². The van der Waals surface area contributed by atoms with Gasteiger partial charge in [-0.3, -0.25) is 0 Å². The van der Waals surface area contributed by atoms with E-state index < -0.39 is 0 Å². The fourth-order valence-electron chi connectivity index (χ4n) is 2.51. The minimum atomic E-state index is 0.342. The molecule has 1 aliphatic rings. The first-order valence-corrected chi connectivity index (χ1v) is 6.16. The number of aryl methyl sites for hydroxylation is 3. The molecule has 0 amide bonds. The van der Waals surface area contributed by atoms with Crippen LogP contribution in [0.2, 0.25) is 0 Å². The molecule has 1 heterocycles. The SMILES string of the molecule is Cc1cc(C)c(N2CCCC(N)C2)cc1C. The molecule has 0 spiro atoms. The largest absolute Gasteiger partial charge is 0.370 e. The highest BCUT2D eigenvalue weighted by molar-refractivity contribution is 5.57. The monoisotopic (exact) mass is 218 g/mol. The molecule has 0 aliphatic carbocycles. The predicted molar refractivity (Wildman–Crippen MR) is 70.1 cm³/mol. The first-order valence-electron chi connectivity index (χ1n) is 6.16. The Kier molecular flexibility index (Phi) is 3.20. The van der Waals surface area contributed by atoms with Crippen LogP contribution in [0.3, 0.4) is 0 Å². The Hall–Kier alpha value is -1.02. The van der Waals surface area contributed by atoms with Crippen LogP contribution in [0.4, 0.5) is 5.69 Å². The smallest absolute Gasteiger partial charge is 0.0399 e. The minimum Gasteiger partial charge on any atom is -0.370 e. The van der Waals surface area contributed by atoms with Crippen molar-refractivity contribution in [1.82, 2.24) is 0 Å². The van der Waals surface area contributed by atoms with Crippen LogP contribution >= 0.6 is 0 Å². The van der Waals surface area contributed by atoms with Crippen LogP contribution in [-0.4, -0.2) is 19.1 Å². The van der Waals surface area contributed by atoms with Crippen LogP contribution in [-0.2, 0) is 0 Å². The zero-order chi connectivity index (χ0) is 11.7. The van der Waals surface area contributed by atoms with Gasteiger partial charge < -0.3 is 10.6 Å². The summed E-state index contributed by atoms with van der Waals surface area (Å²) in [6.45, 7) is 8.71. The first kappa shape index (κ1) is 11.5. The summed E-state index contributed by atoms with van der Waals surface area (Å²) in [6, 6.07) is 4.93. The molecule has 0 saturated carbocycles. The highest BCUT2D eigenvalue weighted by Gasteiger charge is 2.18. The molecule has 88 valence electrons. The fraction of sp³-hybridized carbons (Fsp3) is 0.571. The number of rotatable bonds is 1. The lowest BCUT2D eigenvalue weighted by molar-refractivity contribution is 0.505. The van der Waals surface area contributed by atoms with Gasteiger partial charge in [0.1, 0.15) is 0 Å². The summed E-state index contributed by atoms with van der Waals surface area (Å²) in [5.74, 6) is 0. The van der Waals surface area contributed by atoms with Crippen molar-refractivity contribution >= 4 is 5.69 Å². The maximum Gasteiger partial charge on any atom is 0.0399 e. The van der Waals surface area contributed by atoms with Crippen molar-refractivity contribution in [3.63, 3.8) is 0 Å². The molecule has 0 aromatic heterocycles. The van der Waals surface area contributed by atoms with Crippen molar-refractivity contribution < 1.29 is 0 Å². The third kappa shape index (κ3) is 2.22. The van der Waals surface area contributed by atoms with Gasteiger partial charge in [-0.05, 0) is 56.4 Å². The van der Waals surface area contributed by atoms with E-state index in [0.717, 1.165) is 13.1 Å². The zero-order valence-corrected chi connectivity index (χ0v) is 10.6. The maximum atomic E-state index is 6.04. The third-order valence-electron chi connectivity index (χ3n) is 3.61. The molecule has 1 aromatic rings. The second-order valence-electron chi connectivity index (χ2n) is 5.07. The molecular weight excluding hydrogens is 196 g/mol. The van der Waals surface area contributed by atoms with Gasteiger partial charge >= 0.3 is 0 Å². The summed E-state index contributed by atoms with van der Waals surface area (Å²) in [5.41, 5.74) is 11.5. The van der Waals surface area contributed by atoms with Gasteiger partial charge in [-0.25, -0.2) is 0 Å². The molecule has 1 fully saturated rings. The highest BCUT2D eigenvalue weighted by atomic mass is 15.1. The Morgan fingerprint density at radius 3 is 2.50 bits per heavy atom. The van der Waals surface area contributed by atoms with Gasteiger partial charge in [0.15, 0.2) is 0 Å². The van der Waals surface area contributed by atoms with E-state index in [1.165, 1.54) is 35.2 Å². The van der Waals surface area contributed by atoms with Crippen LogP contribution < -0.4 is 10.6 Å². The van der Waals surface area contributed by atoms with E-state index in [-0.39, 0.29) is 0 Å². The molecular formula is C14H22N2. The fourth-order valence-corrected chi connectivity index (χ4v) is 2.51. The maximum absolute atomic E-state index is 6.04. The van der Waals surface area contributed by atoms with Crippen molar-refractivity contribution in [3.8, 4) is 0 Å². The molecule has 16 heavy (non-hydrogen) atoms. The van der Waals surface area contributed by atoms with E-state index in [9.17, 15) is 0 Å². The van der Waals surface area contributed by atoms with Gasteiger partial charge in [0.2, 0.25) is 0 Å². The normalized spacial score (nSPS) is 21.2. The summed E-state index contributed by atoms with van der Waals surface area (Å²) >= 11 is 0. The van der Waals surface area contributed by atoms with Crippen molar-refractivity contribution in [2.75, 3.05) is 18.0 Å². The molecule has 0 radical (unpaired) electrons. The van der Waals surface area contributed by atoms with E-state index in [1.807, 2.05) is 0 Å². The number of hydrogen-bond donors (Lipinski definition) is 1. The highest BCUT2D eigenvalue weighted by Crippen LogP contribution is 2.26. The molecule has 1 atom stereocenters. The van der Waals surface area contributed by atoms with E-state index in [4.69, 9.17) is 5.73 Å². The van der Waals surface area contributed by atoms with E-state index in [1.54, 1.807) is 0 Å². The lowest BCUT2D eigenvalue weighted by Gasteiger charge is -2.34. The number of benzene rings is 1. The summed E-state index contributed by atoms with van der Waals surface area (Å²) in [4.78, 5) is 2.44. The number of nitrogens with two attached hydrogens (primary N) is 1. The molecule has 1 aromatic carbocycles. The number of anilines is 1. The molecule has 2 N–H and O–H groups in total. The van der Waals surface area contributed by atoms with Gasteiger partial charge in [-0.2, -0.15) is 0 Å². The molecule has 2 heteroatoms. The average Bonchev–Trinajstić information content (AvgIpc) is 2.23. The molecule has 2 nitrogen and oxygen atoms in total. The molecule has 1 aliphatic heterocycles. The summed E-state index contributed by atoms with van der Waals surface area (Å²) < 4.78 is 0. The summed E-state index contributed by atoms with van der Waals surface area (Å²) in [6.07, 6.45) is 2.38. The Bertz CT molecular complexity index is 385. The van der Waals surface area contributed by atoms with E-state index >= 15 is 0 Å². The zero-order valence-electron chi connectivity index (χ0n) is 10.6. The lowest BCUT2D eigenvalue weighted by atomic mass is 10.0. The average molecular weight is 218 g/mol. The van der Waals surface area contributed by atoms with Crippen LogP contribution in [0.25, 0.3) is 0 Å². The minimum absolute atomic E-state index is 0.342. The van der Waals surface area contributed by atoms with Crippen LogP contribution in [0, 0.1) is 20.8 Å². The predicted octanol–water partition coefficient (Wildman–Crippen LogP) is 2.54. The van der Waals surface area contributed by atoms with Crippen LogP contribution in [0.15, 0.2) is 12.1 Å². The second kappa shape index (κ2) is 4.46. The van der Waals surface area contributed by atoms with Crippen LogP contribution in [0.1, 0.15) is 29.5 Å². The van der Waals surface area contributed by atoms with Crippen molar-refractivity contribution in [2.24, 2.45) is 5.73 Å². The second-order valence-corrected chi connectivity index (χ2v) is 5.07. The van der Waals surface area contributed by atoms with Gasteiger partial charge in [0, 0.05) is 24.8 Å². The van der Waals surface area contributed by atoms with Crippen molar-refractivity contribution in [2.45, 2.75) is 39.7 Å². The topological polar surface area (TPSA) is 29.3 Å². The summed E-state index contributed by atoms with van der Waals surface area (Å²) in [5, 5.41) is 0. The molecule has 1 unspecified atom stereocenters. The molecule has 0 bridgehead atoms. The number of piperidine rings is 1. The first-order chi connectivity index (χ1) is 7.58. The van der Waals surface area contributed by atoms with Gasteiger partial charge in [-0.1, -0.05) is 6.07 Å². The quantitative estimate of drug-likeness (QED) is 0.785. The van der Waals surface area contributed by atoms with E-state index in [0.29, 0.717) is 6.04 Å². The summed E-state index contributed by atoms with van der Waals surface area (Å²) in [7, 11) is 0. The standard InChI is InChI=1S/C14H22N2/c1-10-7-12(3)14(8-11(10)2)16-6-4-5-13(15)9-16/h7-8,13H,4-6,9,15H2,1-3H3. The molecule has 2 rings (SSSR count). The number of nitrogens with zero attached hydrogens (tertiary/aromatic N) is 1. The number of hydrogen-bond acceptors (Lipinski definition) is 2. The van der Waals surface area contributed by atoms with Crippen molar-refractivity contribution in [1.29, 1.82) is 0 Å². The van der Waals surface area contributed by atoms with E-state index in [2.05, 4.69) is 37.8 Å². The van der Waals surface area contributed by atoms with Gasteiger partial charge in [0.25, 0.3) is 0 Å². The van der Waals surface area contributed by atoms with Gasteiger partial charge in [-0.15, -0.1) is 0 Å². The Morgan fingerprint density at radius 1 is 1.12 bits per heavy atom. The Balaban J connectivity index is 2.29. The Morgan fingerprint density at radius 2 is 1.81 bits per heavy atom. The van der Waals surface area contributed by atoms with Crippen molar-refractivity contribution in [3.05, 3.63) is 28.8 Å². The van der Waals surface area contributed by atoms with Gasteiger partial charge in [0.05, 0.1) is 0 Å². The third-order valence-corrected chi connectivity index (χ3v) is 3.61. The Labute approximate surface area is 98.4 Å². The lowest BCUT2D eigenvalue weighted by Crippen LogP contribution is -2.43. The molecule has 1 saturated heterocycles.